The highest BCUT2D eigenvalue weighted by Crippen LogP contribution is 2.39. The Kier molecular flexibility index (Phi) is 6.20. The Morgan fingerprint density at radius 2 is 1.78 bits per heavy atom. The monoisotopic (exact) mass is 478 g/mol. The van der Waals surface area contributed by atoms with Crippen molar-refractivity contribution in [2.45, 2.75) is 38.5 Å². The first-order chi connectivity index (χ1) is 17.7. The minimum atomic E-state index is 0.401. The highest BCUT2D eigenvalue weighted by Gasteiger charge is 2.23. The average molecular weight is 479 g/mol. The molecule has 5 heterocycles. The molecule has 6 heteroatoms. The van der Waals surface area contributed by atoms with Crippen molar-refractivity contribution in [2.75, 3.05) is 26.2 Å². The van der Waals surface area contributed by atoms with E-state index >= 15 is 0 Å². The number of pyridine rings is 1. The molecule has 0 spiro atoms. The molecule has 1 saturated heterocycles. The van der Waals surface area contributed by atoms with Gasteiger partial charge in [0.1, 0.15) is 0 Å². The van der Waals surface area contributed by atoms with Crippen molar-refractivity contribution in [2.24, 2.45) is 0 Å². The number of nitrogens with zero attached hydrogens (tertiary/aromatic N) is 4. The third-order valence-corrected chi connectivity index (χ3v) is 7.69. The molecule has 0 unspecified atom stereocenters. The smallest absolute Gasteiger partial charge is 0.155 e. The Balaban J connectivity index is 1.21. The molecule has 0 atom stereocenters. The SMILES string of the molecule is CC(C)c1c(-c2ccnc3[nH]ncc23)[nH]c2ccc(C3CCN(CCN4C=CC=CC=C4)CC3)cc12. The van der Waals surface area contributed by atoms with Crippen LogP contribution in [0.15, 0.2) is 73.4 Å². The lowest BCUT2D eigenvalue weighted by Gasteiger charge is -2.33. The first kappa shape index (κ1) is 22.8. The Morgan fingerprint density at radius 1 is 0.972 bits per heavy atom. The second-order valence-electron chi connectivity index (χ2n) is 10.3. The summed E-state index contributed by atoms with van der Waals surface area (Å²) in [6, 6.07) is 9.18. The van der Waals surface area contributed by atoms with Gasteiger partial charge in [0.15, 0.2) is 5.65 Å². The van der Waals surface area contributed by atoms with Crippen LogP contribution in [0, 0.1) is 0 Å². The third kappa shape index (κ3) is 4.37. The number of rotatable bonds is 6. The van der Waals surface area contributed by atoms with E-state index in [1.165, 1.54) is 40.6 Å². The highest BCUT2D eigenvalue weighted by molar-refractivity contribution is 5.98. The number of benzene rings is 1. The van der Waals surface area contributed by atoms with Crippen molar-refractivity contribution in [3.05, 3.63) is 84.5 Å². The zero-order valence-electron chi connectivity index (χ0n) is 21.1. The molecule has 4 aromatic rings. The van der Waals surface area contributed by atoms with E-state index in [-0.39, 0.29) is 0 Å². The van der Waals surface area contributed by atoms with Gasteiger partial charge in [-0.1, -0.05) is 32.1 Å². The summed E-state index contributed by atoms with van der Waals surface area (Å²) in [6.45, 7) is 9.04. The van der Waals surface area contributed by atoms with Gasteiger partial charge in [-0.3, -0.25) is 5.10 Å². The maximum absolute atomic E-state index is 4.43. The van der Waals surface area contributed by atoms with E-state index in [1.807, 2.05) is 12.4 Å². The number of aromatic nitrogens is 4. The van der Waals surface area contributed by atoms with Crippen molar-refractivity contribution in [3.8, 4) is 11.3 Å². The molecule has 1 aromatic carbocycles. The lowest BCUT2D eigenvalue weighted by Crippen LogP contribution is -2.37. The summed E-state index contributed by atoms with van der Waals surface area (Å²) in [5.74, 6) is 1.02. The van der Waals surface area contributed by atoms with Gasteiger partial charge in [-0.25, -0.2) is 4.98 Å². The van der Waals surface area contributed by atoms with Gasteiger partial charge in [-0.2, -0.15) is 5.10 Å². The molecule has 0 aliphatic carbocycles. The Hall–Kier alpha value is -3.64. The summed E-state index contributed by atoms with van der Waals surface area (Å²) in [5, 5.41) is 9.64. The van der Waals surface area contributed by atoms with Crippen LogP contribution >= 0.6 is 0 Å². The number of hydrogen-bond donors (Lipinski definition) is 2. The molecule has 1 fully saturated rings. The summed E-state index contributed by atoms with van der Waals surface area (Å²) in [4.78, 5) is 13.1. The fourth-order valence-electron chi connectivity index (χ4n) is 5.76. The van der Waals surface area contributed by atoms with Crippen molar-refractivity contribution < 1.29 is 0 Å². The number of hydrogen-bond acceptors (Lipinski definition) is 4. The van der Waals surface area contributed by atoms with Crippen LogP contribution in [-0.2, 0) is 0 Å². The number of H-pyrrole nitrogens is 2. The summed E-state index contributed by atoms with van der Waals surface area (Å²) in [5.41, 5.74) is 7.23. The summed E-state index contributed by atoms with van der Waals surface area (Å²) >= 11 is 0. The Morgan fingerprint density at radius 3 is 2.56 bits per heavy atom. The molecular weight excluding hydrogens is 444 g/mol. The van der Waals surface area contributed by atoms with Crippen LogP contribution in [0.2, 0.25) is 0 Å². The second-order valence-corrected chi connectivity index (χ2v) is 10.3. The van der Waals surface area contributed by atoms with Crippen LogP contribution in [0.5, 0.6) is 0 Å². The number of aromatic amines is 2. The highest BCUT2D eigenvalue weighted by atomic mass is 15.2. The van der Waals surface area contributed by atoms with Gasteiger partial charge >= 0.3 is 0 Å². The molecule has 36 heavy (non-hydrogen) atoms. The standard InChI is InChI=1S/C30H34N6/c1-21(2)28-25-19-23(22-10-15-36(16-11-22)18-17-35-13-5-3-4-6-14-35)7-8-27(25)33-29(28)24-9-12-31-30-26(24)20-32-34-30/h3-9,12-14,19-22,33H,10-11,15-18H2,1-2H3,(H,31,32,34). The normalized spacial score (nSPS) is 17.1. The van der Waals surface area contributed by atoms with Gasteiger partial charge in [-0.15, -0.1) is 0 Å². The van der Waals surface area contributed by atoms with Crippen LogP contribution in [0.4, 0.5) is 0 Å². The van der Waals surface area contributed by atoms with E-state index < -0.39 is 0 Å². The summed E-state index contributed by atoms with van der Waals surface area (Å²) in [7, 11) is 0. The Bertz CT molecular complexity index is 1430. The van der Waals surface area contributed by atoms with E-state index in [0.717, 1.165) is 42.8 Å². The van der Waals surface area contributed by atoms with E-state index in [1.54, 1.807) is 0 Å². The molecular formula is C30H34N6. The van der Waals surface area contributed by atoms with Gasteiger partial charge < -0.3 is 14.8 Å². The summed E-state index contributed by atoms with van der Waals surface area (Å²) < 4.78 is 0. The average Bonchev–Trinajstić information content (AvgIpc) is 3.44. The van der Waals surface area contributed by atoms with Crippen LogP contribution in [0.3, 0.4) is 0 Å². The molecule has 3 aromatic heterocycles. The number of piperidine rings is 1. The van der Waals surface area contributed by atoms with Crippen LogP contribution < -0.4 is 0 Å². The molecule has 2 N–H and O–H groups in total. The quantitative estimate of drug-likeness (QED) is 0.341. The first-order valence-corrected chi connectivity index (χ1v) is 13.1. The van der Waals surface area contributed by atoms with E-state index in [0.29, 0.717) is 11.8 Å². The van der Waals surface area contributed by atoms with Crippen molar-refractivity contribution in [1.29, 1.82) is 0 Å². The molecule has 0 saturated carbocycles. The molecule has 0 amide bonds. The fourth-order valence-corrected chi connectivity index (χ4v) is 5.76. The van der Waals surface area contributed by atoms with Gasteiger partial charge in [0.05, 0.1) is 11.9 Å². The largest absolute Gasteiger partial charge is 0.354 e. The van der Waals surface area contributed by atoms with Crippen LogP contribution in [-0.4, -0.2) is 56.1 Å². The molecule has 0 bridgehead atoms. The van der Waals surface area contributed by atoms with Crippen molar-refractivity contribution in [1.82, 2.24) is 30.0 Å². The van der Waals surface area contributed by atoms with Gasteiger partial charge in [-0.05, 0) is 79.2 Å². The lowest BCUT2D eigenvalue weighted by molar-refractivity contribution is 0.202. The maximum atomic E-state index is 4.43. The van der Waals surface area contributed by atoms with Gasteiger partial charge in [0, 0.05) is 53.5 Å². The number of allylic oxidation sites excluding steroid dienone is 4. The maximum Gasteiger partial charge on any atom is 0.155 e. The van der Waals surface area contributed by atoms with E-state index in [9.17, 15) is 0 Å². The van der Waals surface area contributed by atoms with Crippen LogP contribution in [0.25, 0.3) is 33.2 Å². The fraction of sp³-hybridized carbons (Fsp3) is 0.333. The zero-order valence-corrected chi connectivity index (χ0v) is 21.1. The topological polar surface area (TPSA) is 63.8 Å². The van der Waals surface area contributed by atoms with E-state index in [2.05, 4.69) is 105 Å². The van der Waals surface area contributed by atoms with E-state index in [4.69, 9.17) is 0 Å². The summed E-state index contributed by atoms with van der Waals surface area (Å²) in [6.07, 6.45) is 18.8. The zero-order chi connectivity index (χ0) is 24.5. The molecule has 6 nitrogen and oxygen atoms in total. The molecule has 2 aliphatic rings. The number of fused-ring (bicyclic) bond motifs is 2. The van der Waals surface area contributed by atoms with Gasteiger partial charge in [0.25, 0.3) is 0 Å². The van der Waals surface area contributed by atoms with Crippen molar-refractivity contribution >= 4 is 21.9 Å². The third-order valence-electron chi connectivity index (χ3n) is 7.69. The Labute approximate surface area is 212 Å². The predicted molar refractivity (Wildman–Crippen MR) is 148 cm³/mol. The number of likely N-dealkylation sites (tertiary alicyclic amines) is 1. The first-order valence-electron chi connectivity index (χ1n) is 13.1. The van der Waals surface area contributed by atoms with Crippen molar-refractivity contribution in [3.63, 3.8) is 0 Å². The van der Waals surface area contributed by atoms with Crippen LogP contribution in [0.1, 0.15) is 49.7 Å². The molecule has 2 aliphatic heterocycles. The minimum Gasteiger partial charge on any atom is -0.354 e. The number of nitrogens with one attached hydrogen (secondary N) is 2. The lowest BCUT2D eigenvalue weighted by atomic mass is 9.87. The predicted octanol–water partition coefficient (Wildman–Crippen LogP) is 6.31. The molecule has 6 rings (SSSR count). The minimum absolute atomic E-state index is 0.401. The molecule has 0 radical (unpaired) electrons. The van der Waals surface area contributed by atoms with Gasteiger partial charge in [0.2, 0.25) is 0 Å². The second kappa shape index (κ2) is 9.78. The molecule has 184 valence electrons.